The summed E-state index contributed by atoms with van der Waals surface area (Å²) in [7, 11) is 0. The van der Waals surface area contributed by atoms with Gasteiger partial charge in [0.2, 0.25) is 5.91 Å². The maximum absolute atomic E-state index is 12.6. The molecule has 1 aromatic heterocycles. The number of hydrogen-bond acceptors (Lipinski definition) is 7. The van der Waals surface area contributed by atoms with Gasteiger partial charge in [0, 0.05) is 50.3 Å². The van der Waals surface area contributed by atoms with Gasteiger partial charge in [0.05, 0.1) is 6.54 Å². The molecule has 166 valence electrons. The third-order valence-corrected chi connectivity index (χ3v) is 5.78. The van der Waals surface area contributed by atoms with Crippen molar-refractivity contribution in [1.29, 1.82) is 0 Å². The number of hydrogen-bond donors (Lipinski definition) is 1. The zero-order valence-electron chi connectivity index (χ0n) is 17.5. The third-order valence-electron chi connectivity index (χ3n) is 5.78. The monoisotopic (exact) mass is 428 g/mol. The number of piperidine rings is 1. The van der Waals surface area contributed by atoms with Crippen molar-refractivity contribution in [2.24, 2.45) is 0 Å². The Balaban J connectivity index is 1.21. The van der Waals surface area contributed by atoms with E-state index in [2.05, 4.69) is 39.5 Å². The minimum Gasteiger partial charge on any atom is -0.444 e. The first kappa shape index (κ1) is 21.3. The molecule has 1 aromatic carbocycles. The summed E-state index contributed by atoms with van der Waals surface area (Å²) in [5, 5.41) is 14.1. The fraction of sp³-hybridized carbons (Fsp3) is 0.524. The molecule has 0 bridgehead atoms. The van der Waals surface area contributed by atoms with Gasteiger partial charge in [-0.25, -0.2) is 0 Å². The molecule has 2 aliphatic rings. The third kappa shape index (κ3) is 5.80. The molecule has 4 rings (SSSR count). The molecular weight excluding hydrogens is 400 g/mol. The topological polar surface area (TPSA) is 106 Å². The first-order chi connectivity index (χ1) is 15.1. The van der Waals surface area contributed by atoms with Crippen LogP contribution in [-0.2, 0) is 17.9 Å². The molecule has 0 spiro atoms. The van der Waals surface area contributed by atoms with E-state index in [1.54, 1.807) is 4.57 Å². The van der Waals surface area contributed by atoms with E-state index >= 15 is 0 Å². The Labute approximate surface area is 180 Å². The van der Waals surface area contributed by atoms with Crippen LogP contribution in [0.5, 0.6) is 6.01 Å². The van der Waals surface area contributed by atoms with Crippen molar-refractivity contribution in [1.82, 2.24) is 24.7 Å². The number of fused-ring (bicyclic) bond motifs is 1. The molecule has 0 atom stereocenters. The van der Waals surface area contributed by atoms with E-state index in [1.165, 1.54) is 11.8 Å². The van der Waals surface area contributed by atoms with Gasteiger partial charge in [-0.1, -0.05) is 30.3 Å². The number of carbonyl (C=O) groups excluding carboxylic acids is 1. The second kappa shape index (κ2) is 9.88. The van der Waals surface area contributed by atoms with E-state index in [4.69, 9.17) is 4.74 Å². The molecule has 0 unspecified atom stereocenters. The van der Waals surface area contributed by atoms with Gasteiger partial charge >= 0.3 is 11.8 Å². The van der Waals surface area contributed by atoms with Crippen molar-refractivity contribution >= 4 is 11.7 Å². The quantitative estimate of drug-likeness (QED) is 0.545. The lowest BCUT2D eigenvalue weighted by Gasteiger charge is -2.33. The number of amides is 1. The molecule has 10 nitrogen and oxygen atoms in total. The smallest absolute Gasteiger partial charge is 0.414 e. The second-order valence-electron chi connectivity index (χ2n) is 8.06. The summed E-state index contributed by atoms with van der Waals surface area (Å²) in [6.45, 7) is 5.18. The lowest BCUT2D eigenvalue weighted by Crippen LogP contribution is -2.48. The molecule has 1 saturated heterocycles. The fourth-order valence-corrected chi connectivity index (χ4v) is 4.09. The SMILES string of the molecule is O=C(CN1CCOc2nc([N+](=O)[O-])cn2CC1)NC1CCN(Cc2ccccc2)CC1. The van der Waals surface area contributed by atoms with Gasteiger partial charge in [-0.05, 0) is 23.3 Å². The molecule has 31 heavy (non-hydrogen) atoms. The van der Waals surface area contributed by atoms with Crippen LogP contribution in [0.4, 0.5) is 5.82 Å². The Morgan fingerprint density at radius 1 is 1.13 bits per heavy atom. The summed E-state index contributed by atoms with van der Waals surface area (Å²) < 4.78 is 7.18. The number of nitro groups is 1. The highest BCUT2D eigenvalue weighted by atomic mass is 16.6. The molecule has 0 radical (unpaired) electrons. The van der Waals surface area contributed by atoms with Crippen LogP contribution in [0.2, 0.25) is 0 Å². The number of rotatable bonds is 6. The number of likely N-dealkylation sites (tertiary alicyclic amines) is 1. The van der Waals surface area contributed by atoms with Crippen molar-refractivity contribution < 1.29 is 14.5 Å². The molecule has 1 fully saturated rings. The Morgan fingerprint density at radius 2 is 1.90 bits per heavy atom. The second-order valence-corrected chi connectivity index (χ2v) is 8.06. The van der Waals surface area contributed by atoms with Crippen molar-refractivity contribution in [3.05, 3.63) is 52.2 Å². The highest BCUT2D eigenvalue weighted by molar-refractivity contribution is 5.78. The van der Waals surface area contributed by atoms with Crippen LogP contribution >= 0.6 is 0 Å². The largest absolute Gasteiger partial charge is 0.444 e. The molecule has 10 heteroatoms. The molecule has 0 saturated carbocycles. The maximum atomic E-state index is 12.6. The minimum atomic E-state index is -0.530. The molecule has 2 aliphatic heterocycles. The number of ether oxygens (including phenoxy) is 1. The molecule has 1 amide bonds. The van der Waals surface area contributed by atoms with E-state index in [0.717, 1.165) is 32.5 Å². The van der Waals surface area contributed by atoms with Crippen molar-refractivity contribution in [3.8, 4) is 6.01 Å². The van der Waals surface area contributed by atoms with Crippen LogP contribution in [-0.4, -0.2) is 75.6 Å². The lowest BCUT2D eigenvalue weighted by atomic mass is 10.0. The van der Waals surface area contributed by atoms with Crippen molar-refractivity contribution in [2.45, 2.75) is 32.0 Å². The Hall–Kier alpha value is -2.98. The van der Waals surface area contributed by atoms with E-state index < -0.39 is 4.92 Å². The number of carbonyl (C=O) groups is 1. The van der Waals surface area contributed by atoms with E-state index in [0.29, 0.717) is 32.8 Å². The zero-order chi connectivity index (χ0) is 21.6. The van der Waals surface area contributed by atoms with E-state index in [9.17, 15) is 14.9 Å². The summed E-state index contributed by atoms with van der Waals surface area (Å²) in [4.78, 5) is 31.3. The highest BCUT2D eigenvalue weighted by Crippen LogP contribution is 2.19. The standard InChI is InChI=1S/C21H28N6O4/c28-20(22-18-6-8-24(9-7-18)14-17-4-2-1-3-5-17)16-25-10-11-26-15-19(27(29)30)23-21(26)31-13-12-25/h1-5,15,18H,6-14,16H2,(H,22,28). The predicted molar refractivity (Wildman–Crippen MR) is 114 cm³/mol. The van der Waals surface area contributed by atoms with Crippen LogP contribution in [0.15, 0.2) is 36.5 Å². The van der Waals surface area contributed by atoms with Gasteiger partial charge in [0.1, 0.15) is 12.8 Å². The van der Waals surface area contributed by atoms with Gasteiger partial charge in [0.25, 0.3) is 0 Å². The summed E-state index contributed by atoms with van der Waals surface area (Å²) >= 11 is 0. The van der Waals surface area contributed by atoms with Gasteiger partial charge in [-0.2, -0.15) is 0 Å². The highest BCUT2D eigenvalue weighted by Gasteiger charge is 2.25. The van der Waals surface area contributed by atoms with Crippen LogP contribution in [0.25, 0.3) is 0 Å². The first-order valence-electron chi connectivity index (χ1n) is 10.7. The van der Waals surface area contributed by atoms with Gasteiger partial charge < -0.3 is 20.2 Å². The summed E-state index contributed by atoms with van der Waals surface area (Å²) in [5.41, 5.74) is 1.32. The minimum absolute atomic E-state index is 0.0129. The molecular formula is C21H28N6O4. The Morgan fingerprint density at radius 3 is 2.65 bits per heavy atom. The van der Waals surface area contributed by atoms with Crippen LogP contribution in [0, 0.1) is 10.1 Å². The van der Waals surface area contributed by atoms with Crippen LogP contribution in [0.3, 0.4) is 0 Å². The lowest BCUT2D eigenvalue weighted by molar-refractivity contribution is -0.389. The fourth-order valence-electron chi connectivity index (χ4n) is 4.09. The number of nitrogens with zero attached hydrogens (tertiary/aromatic N) is 5. The number of aromatic nitrogens is 2. The summed E-state index contributed by atoms with van der Waals surface area (Å²) in [6, 6.07) is 10.9. The van der Waals surface area contributed by atoms with E-state index in [1.807, 2.05) is 11.0 Å². The predicted octanol–water partition coefficient (Wildman–Crippen LogP) is 1.27. The van der Waals surface area contributed by atoms with Crippen LogP contribution < -0.4 is 10.1 Å². The Kier molecular flexibility index (Phi) is 6.78. The molecule has 3 heterocycles. The average molecular weight is 428 g/mol. The number of imidazole rings is 1. The van der Waals surface area contributed by atoms with Gasteiger partial charge in [-0.3, -0.25) is 19.2 Å². The van der Waals surface area contributed by atoms with Crippen LogP contribution in [0.1, 0.15) is 18.4 Å². The molecule has 1 N–H and O–H groups in total. The van der Waals surface area contributed by atoms with Crippen molar-refractivity contribution in [2.75, 3.05) is 39.3 Å². The number of nitrogens with one attached hydrogen (secondary N) is 1. The average Bonchev–Trinajstić information content (AvgIpc) is 3.15. The summed E-state index contributed by atoms with van der Waals surface area (Å²) in [6.07, 6.45) is 3.27. The summed E-state index contributed by atoms with van der Waals surface area (Å²) in [5.74, 6) is -0.210. The molecule has 0 aliphatic carbocycles. The maximum Gasteiger partial charge on any atom is 0.414 e. The van der Waals surface area contributed by atoms with E-state index in [-0.39, 0.29) is 23.8 Å². The van der Waals surface area contributed by atoms with Gasteiger partial charge in [0.15, 0.2) is 0 Å². The number of benzene rings is 1. The van der Waals surface area contributed by atoms with Gasteiger partial charge in [-0.15, -0.1) is 0 Å². The Bertz CT molecular complexity index is 895. The molecule has 2 aromatic rings. The van der Waals surface area contributed by atoms with Crippen molar-refractivity contribution in [3.63, 3.8) is 0 Å². The first-order valence-corrected chi connectivity index (χ1v) is 10.7. The normalized spacial score (nSPS) is 18.5. The zero-order valence-corrected chi connectivity index (χ0v) is 17.5.